The standard InChI is InChI=1S/C8H6ClN3O4S3/c1-4-3-10-8(17-4)11-19(15,16)6-2-5(12(13)14)7(9)18-6/h2-3H,1H3,(H,10,11). The number of anilines is 1. The van der Waals surface area contributed by atoms with Crippen molar-refractivity contribution >= 4 is 55.1 Å². The summed E-state index contributed by atoms with van der Waals surface area (Å²) < 4.78 is 25.8. The van der Waals surface area contributed by atoms with Gasteiger partial charge in [-0.2, -0.15) is 0 Å². The lowest BCUT2D eigenvalue weighted by Crippen LogP contribution is -2.11. The van der Waals surface area contributed by atoms with E-state index in [2.05, 4.69) is 9.71 Å². The molecule has 0 amide bonds. The van der Waals surface area contributed by atoms with Crippen molar-refractivity contribution < 1.29 is 13.3 Å². The van der Waals surface area contributed by atoms with Gasteiger partial charge < -0.3 is 0 Å². The number of nitro groups is 1. The van der Waals surface area contributed by atoms with Crippen LogP contribution in [-0.4, -0.2) is 18.3 Å². The van der Waals surface area contributed by atoms with Crippen LogP contribution in [0.4, 0.5) is 10.8 Å². The number of halogens is 1. The lowest BCUT2D eigenvalue weighted by atomic mass is 10.6. The van der Waals surface area contributed by atoms with Gasteiger partial charge in [-0.1, -0.05) is 11.6 Å². The minimum atomic E-state index is -3.91. The molecule has 0 aromatic carbocycles. The van der Waals surface area contributed by atoms with Gasteiger partial charge in [0.25, 0.3) is 15.7 Å². The average Bonchev–Trinajstić information content (AvgIpc) is 2.84. The molecule has 19 heavy (non-hydrogen) atoms. The maximum Gasteiger partial charge on any atom is 0.300 e. The summed E-state index contributed by atoms with van der Waals surface area (Å²) in [6, 6.07) is 0.926. The van der Waals surface area contributed by atoms with E-state index >= 15 is 0 Å². The minimum absolute atomic E-state index is 0.180. The fraction of sp³-hybridized carbons (Fsp3) is 0.125. The van der Waals surface area contributed by atoms with Crippen LogP contribution in [0.2, 0.25) is 4.34 Å². The van der Waals surface area contributed by atoms with E-state index in [-0.39, 0.29) is 13.7 Å². The highest BCUT2D eigenvalue weighted by Crippen LogP contribution is 2.37. The largest absolute Gasteiger partial charge is 0.300 e. The average molecular weight is 340 g/mol. The second-order valence-corrected chi connectivity index (χ2v) is 8.16. The summed E-state index contributed by atoms with van der Waals surface area (Å²) in [6.45, 7) is 1.78. The Morgan fingerprint density at radius 2 is 2.16 bits per heavy atom. The molecule has 0 saturated carbocycles. The van der Waals surface area contributed by atoms with Crippen LogP contribution in [0.1, 0.15) is 4.88 Å². The zero-order valence-electron chi connectivity index (χ0n) is 9.28. The molecule has 2 heterocycles. The molecule has 2 aromatic rings. The number of hydrogen-bond donors (Lipinski definition) is 1. The predicted molar refractivity (Wildman–Crippen MR) is 73.6 cm³/mol. The molecule has 2 rings (SSSR count). The van der Waals surface area contributed by atoms with E-state index in [4.69, 9.17) is 11.6 Å². The zero-order chi connectivity index (χ0) is 14.2. The lowest BCUT2D eigenvalue weighted by Gasteiger charge is -2.00. The Labute approximate surface area is 121 Å². The van der Waals surface area contributed by atoms with Crippen molar-refractivity contribution in [3.63, 3.8) is 0 Å². The van der Waals surface area contributed by atoms with Gasteiger partial charge in [-0.3, -0.25) is 14.8 Å². The van der Waals surface area contributed by atoms with Crippen molar-refractivity contribution in [2.75, 3.05) is 4.72 Å². The van der Waals surface area contributed by atoms with Gasteiger partial charge in [-0.05, 0) is 6.92 Å². The van der Waals surface area contributed by atoms with Crippen LogP contribution in [-0.2, 0) is 10.0 Å². The zero-order valence-corrected chi connectivity index (χ0v) is 12.5. The first kappa shape index (κ1) is 14.2. The highest BCUT2D eigenvalue weighted by molar-refractivity contribution is 7.95. The fourth-order valence-corrected chi connectivity index (χ4v) is 4.73. The summed E-state index contributed by atoms with van der Waals surface area (Å²) in [5.74, 6) is 0. The molecule has 0 bridgehead atoms. The van der Waals surface area contributed by atoms with E-state index in [1.54, 1.807) is 6.92 Å². The molecule has 0 aliphatic heterocycles. The van der Waals surface area contributed by atoms with Crippen LogP contribution in [0.5, 0.6) is 0 Å². The second-order valence-electron chi connectivity index (χ2n) is 3.36. The minimum Gasteiger partial charge on any atom is -0.258 e. The Kier molecular flexibility index (Phi) is 3.76. The summed E-state index contributed by atoms with van der Waals surface area (Å²) in [7, 11) is -3.91. The molecule has 1 N–H and O–H groups in total. The third-order valence-corrected chi connectivity index (χ3v) is 6.06. The molecule has 0 saturated heterocycles. The number of rotatable bonds is 4. The third kappa shape index (κ3) is 3.03. The molecule has 0 atom stereocenters. The lowest BCUT2D eigenvalue weighted by molar-refractivity contribution is -0.384. The molecule has 0 aliphatic rings. The first-order valence-electron chi connectivity index (χ1n) is 4.68. The van der Waals surface area contributed by atoms with Gasteiger partial charge >= 0.3 is 0 Å². The van der Waals surface area contributed by atoms with Gasteiger partial charge in [0.15, 0.2) is 9.47 Å². The monoisotopic (exact) mass is 339 g/mol. The number of nitrogens with zero attached hydrogens (tertiary/aromatic N) is 2. The molecule has 0 aliphatic carbocycles. The molecule has 0 spiro atoms. The Balaban J connectivity index is 2.34. The molecular weight excluding hydrogens is 334 g/mol. The van der Waals surface area contributed by atoms with Crippen LogP contribution in [0.25, 0.3) is 0 Å². The number of hydrogen-bond acceptors (Lipinski definition) is 7. The molecule has 7 nitrogen and oxygen atoms in total. The Bertz CT molecular complexity index is 736. The van der Waals surface area contributed by atoms with Crippen molar-refractivity contribution in [1.29, 1.82) is 0 Å². The summed E-state index contributed by atoms with van der Waals surface area (Å²) >= 11 is 7.41. The van der Waals surface area contributed by atoms with Crippen LogP contribution in [0.15, 0.2) is 16.5 Å². The number of nitrogens with one attached hydrogen (secondary N) is 1. The number of thiophene rings is 1. The third-order valence-electron chi connectivity index (χ3n) is 1.95. The Morgan fingerprint density at radius 3 is 2.63 bits per heavy atom. The molecule has 102 valence electrons. The van der Waals surface area contributed by atoms with Crippen molar-refractivity contribution in [3.8, 4) is 0 Å². The number of aromatic nitrogens is 1. The van der Waals surface area contributed by atoms with Crippen molar-refractivity contribution in [2.24, 2.45) is 0 Å². The van der Waals surface area contributed by atoms with Crippen molar-refractivity contribution in [2.45, 2.75) is 11.1 Å². The van der Waals surface area contributed by atoms with Crippen LogP contribution in [0.3, 0.4) is 0 Å². The normalized spacial score (nSPS) is 11.5. The smallest absolute Gasteiger partial charge is 0.258 e. The molecular formula is C8H6ClN3O4S3. The van der Waals surface area contributed by atoms with Gasteiger partial charge in [0, 0.05) is 17.1 Å². The summed E-state index contributed by atoms with van der Waals surface area (Å²) in [5, 5.41) is 10.8. The fourth-order valence-electron chi connectivity index (χ4n) is 1.16. The number of thiazole rings is 1. The maximum atomic E-state index is 12.0. The molecule has 0 unspecified atom stereocenters. The number of aryl methyl sites for hydroxylation is 1. The van der Waals surface area contributed by atoms with E-state index in [9.17, 15) is 18.5 Å². The van der Waals surface area contributed by atoms with Gasteiger partial charge in [-0.15, -0.1) is 22.7 Å². The molecule has 0 radical (unpaired) electrons. The van der Waals surface area contributed by atoms with Crippen LogP contribution < -0.4 is 4.72 Å². The first-order valence-corrected chi connectivity index (χ1v) is 8.18. The predicted octanol–water partition coefficient (Wildman–Crippen LogP) is 2.88. The van der Waals surface area contributed by atoms with Crippen molar-refractivity contribution in [1.82, 2.24) is 4.98 Å². The summed E-state index contributed by atoms with van der Waals surface area (Å²) in [6.07, 6.45) is 1.52. The Hall–Kier alpha value is -1.23. The van der Waals surface area contributed by atoms with Gasteiger partial charge in [-0.25, -0.2) is 13.4 Å². The Morgan fingerprint density at radius 1 is 1.47 bits per heavy atom. The van der Waals surface area contributed by atoms with Gasteiger partial charge in [0.1, 0.15) is 4.21 Å². The second kappa shape index (κ2) is 5.04. The molecule has 2 aromatic heterocycles. The van der Waals surface area contributed by atoms with E-state index in [1.165, 1.54) is 6.20 Å². The summed E-state index contributed by atoms with van der Waals surface area (Å²) in [5.41, 5.74) is -0.428. The quantitative estimate of drug-likeness (QED) is 0.681. The van der Waals surface area contributed by atoms with E-state index in [0.717, 1.165) is 22.3 Å². The van der Waals surface area contributed by atoms with Crippen LogP contribution >= 0.6 is 34.3 Å². The number of sulfonamides is 1. The maximum absolute atomic E-state index is 12.0. The first-order chi connectivity index (χ1) is 8.79. The van der Waals surface area contributed by atoms with Crippen molar-refractivity contribution in [3.05, 3.63) is 31.6 Å². The van der Waals surface area contributed by atoms with E-state index in [1.807, 2.05) is 0 Å². The topological polar surface area (TPSA) is 102 Å². The SMILES string of the molecule is Cc1cnc(NS(=O)(=O)c2cc([N+](=O)[O-])c(Cl)s2)s1. The highest BCUT2D eigenvalue weighted by Gasteiger charge is 2.25. The van der Waals surface area contributed by atoms with Gasteiger partial charge in [0.05, 0.1) is 4.92 Å². The van der Waals surface area contributed by atoms with E-state index in [0.29, 0.717) is 11.3 Å². The van der Waals surface area contributed by atoms with Crippen LogP contribution in [0, 0.1) is 17.0 Å². The highest BCUT2D eigenvalue weighted by atomic mass is 35.5. The van der Waals surface area contributed by atoms with Gasteiger partial charge in [0.2, 0.25) is 0 Å². The summed E-state index contributed by atoms with van der Waals surface area (Å²) in [4.78, 5) is 14.6. The van der Waals surface area contributed by atoms with E-state index < -0.39 is 20.6 Å². The molecule has 11 heteroatoms. The molecule has 0 fully saturated rings.